The third-order valence-corrected chi connectivity index (χ3v) is 14.6. The normalized spacial score (nSPS) is 12.7. The Morgan fingerprint density at radius 2 is 0.494 bits per heavy atom. The van der Waals surface area contributed by atoms with Gasteiger partial charge in [-0.25, -0.2) is 0 Å². The van der Waals surface area contributed by atoms with Gasteiger partial charge in [-0.3, -0.25) is 14.4 Å². The first kappa shape index (κ1) is 75.3. The maximum Gasteiger partial charge on any atom is 0.306 e. The van der Waals surface area contributed by atoms with E-state index in [1.807, 2.05) is 0 Å². The van der Waals surface area contributed by atoms with Crippen LogP contribution in [0.25, 0.3) is 0 Å². The largest absolute Gasteiger partial charge is 0.462 e. The zero-order chi connectivity index (χ0) is 57.1. The fraction of sp³-hybridized carbons (Fsp3) is 0.740. The standard InChI is InChI=1S/C73H126O6/c1-4-7-10-13-16-19-22-25-27-29-30-31-32-33-34-35-36-37-38-39-40-41-42-43-44-45-47-48-51-54-57-60-63-66-72(75)78-69-70(68-77-71(74)65-62-59-56-53-50-24-21-18-15-12-9-6-3)79-73(76)67-64-61-58-55-52-49-46-28-26-23-20-17-14-11-8-5-2/h7,10,16,19,25,27-28,30-31,33-34,36-37,39-40,46,70H,4-6,8-9,11-15,17-18,20-24,26,29,32,35,38,41-45,47-69H2,1-3H3/b10-7-,19-16-,27-25-,31-30-,34-33-,37-36-,40-39-,46-28-. The molecule has 1 unspecified atom stereocenters. The van der Waals surface area contributed by atoms with Crippen molar-refractivity contribution in [3.05, 3.63) is 97.2 Å². The summed E-state index contributed by atoms with van der Waals surface area (Å²) in [6.45, 7) is 6.54. The molecule has 0 aliphatic heterocycles. The summed E-state index contributed by atoms with van der Waals surface area (Å²) < 4.78 is 16.9. The lowest BCUT2D eigenvalue weighted by Gasteiger charge is -2.18. The second kappa shape index (κ2) is 66.8. The van der Waals surface area contributed by atoms with E-state index in [1.165, 1.54) is 173 Å². The maximum absolute atomic E-state index is 12.9. The van der Waals surface area contributed by atoms with Gasteiger partial charge in [0.05, 0.1) is 0 Å². The van der Waals surface area contributed by atoms with Crippen LogP contribution >= 0.6 is 0 Å². The number of hydrogen-bond donors (Lipinski definition) is 0. The van der Waals surface area contributed by atoms with Crippen molar-refractivity contribution in [2.45, 2.75) is 335 Å². The SMILES string of the molecule is CC/C=C\C/C=C\C/C=C\C/C=C\C/C=C\C/C=C\C/C=C\CCCCCCCCCCCCCC(=O)OCC(COC(=O)CCCCCCCCCCCCCC)OC(=O)CCCCCCC/C=C\CCCCCCCCC. The highest BCUT2D eigenvalue weighted by molar-refractivity contribution is 5.71. The van der Waals surface area contributed by atoms with Crippen molar-refractivity contribution < 1.29 is 28.6 Å². The molecule has 0 aromatic carbocycles. The average Bonchev–Trinajstić information content (AvgIpc) is 3.45. The lowest BCUT2D eigenvalue weighted by Crippen LogP contribution is -2.30. The first-order valence-corrected chi connectivity index (χ1v) is 33.7. The molecular weight excluding hydrogens is 973 g/mol. The van der Waals surface area contributed by atoms with E-state index in [0.29, 0.717) is 19.3 Å². The number of unbranched alkanes of at least 4 members (excludes halogenated alkanes) is 34. The molecule has 0 N–H and O–H groups in total. The Bertz CT molecular complexity index is 1540. The summed E-state index contributed by atoms with van der Waals surface area (Å²) in [6.07, 6.45) is 90.0. The van der Waals surface area contributed by atoms with Crippen LogP contribution in [0, 0.1) is 0 Å². The molecule has 0 bridgehead atoms. The summed E-state index contributed by atoms with van der Waals surface area (Å²) in [5, 5.41) is 0. The highest BCUT2D eigenvalue weighted by Gasteiger charge is 2.19. The summed E-state index contributed by atoms with van der Waals surface area (Å²) in [5.74, 6) is -0.876. The number of rotatable bonds is 61. The molecule has 1 atom stereocenters. The van der Waals surface area contributed by atoms with E-state index < -0.39 is 6.10 Å². The molecular formula is C73H126O6. The molecule has 0 rings (SSSR count). The number of ether oxygens (including phenoxy) is 3. The summed E-state index contributed by atoms with van der Waals surface area (Å²) >= 11 is 0. The monoisotopic (exact) mass is 1100 g/mol. The number of allylic oxidation sites excluding steroid dienone is 16. The van der Waals surface area contributed by atoms with Crippen molar-refractivity contribution in [2.75, 3.05) is 13.2 Å². The molecule has 6 heteroatoms. The van der Waals surface area contributed by atoms with Gasteiger partial charge in [0.15, 0.2) is 6.10 Å². The first-order valence-electron chi connectivity index (χ1n) is 33.7. The van der Waals surface area contributed by atoms with Gasteiger partial charge in [0.2, 0.25) is 0 Å². The van der Waals surface area contributed by atoms with Crippen LogP contribution in [0.15, 0.2) is 97.2 Å². The van der Waals surface area contributed by atoms with Gasteiger partial charge < -0.3 is 14.2 Å². The van der Waals surface area contributed by atoms with Gasteiger partial charge in [-0.15, -0.1) is 0 Å². The molecule has 0 saturated carbocycles. The molecule has 0 aromatic rings. The average molecular weight is 1100 g/mol. The Labute approximate surface area is 489 Å². The predicted molar refractivity (Wildman–Crippen MR) is 344 cm³/mol. The fourth-order valence-corrected chi connectivity index (χ4v) is 9.54. The Hall–Kier alpha value is -3.67. The van der Waals surface area contributed by atoms with Crippen molar-refractivity contribution in [3.63, 3.8) is 0 Å². The van der Waals surface area contributed by atoms with E-state index in [-0.39, 0.29) is 31.1 Å². The molecule has 79 heavy (non-hydrogen) atoms. The summed E-state index contributed by atoms with van der Waals surface area (Å²) in [6, 6.07) is 0. The van der Waals surface area contributed by atoms with Crippen LogP contribution in [0.4, 0.5) is 0 Å². The zero-order valence-electron chi connectivity index (χ0n) is 52.1. The minimum atomic E-state index is -0.781. The second-order valence-electron chi connectivity index (χ2n) is 22.4. The number of carbonyl (C=O) groups is 3. The lowest BCUT2D eigenvalue weighted by atomic mass is 10.0. The molecule has 0 radical (unpaired) electrons. The Balaban J connectivity index is 4.21. The topological polar surface area (TPSA) is 78.9 Å². The molecule has 0 amide bonds. The highest BCUT2D eigenvalue weighted by Crippen LogP contribution is 2.17. The van der Waals surface area contributed by atoms with Gasteiger partial charge in [-0.05, 0) is 103 Å². The molecule has 0 aliphatic carbocycles. The minimum Gasteiger partial charge on any atom is -0.462 e. The van der Waals surface area contributed by atoms with Crippen LogP contribution in [-0.2, 0) is 28.6 Å². The Kier molecular flexibility index (Phi) is 63.7. The summed E-state index contributed by atoms with van der Waals surface area (Å²) in [5.41, 5.74) is 0. The van der Waals surface area contributed by atoms with Crippen molar-refractivity contribution in [2.24, 2.45) is 0 Å². The fourth-order valence-electron chi connectivity index (χ4n) is 9.54. The highest BCUT2D eigenvalue weighted by atomic mass is 16.6. The number of carbonyl (C=O) groups excluding carboxylic acids is 3. The van der Waals surface area contributed by atoms with E-state index in [1.54, 1.807) is 0 Å². The maximum atomic E-state index is 12.9. The molecule has 0 fully saturated rings. The zero-order valence-corrected chi connectivity index (χ0v) is 52.1. The van der Waals surface area contributed by atoms with Gasteiger partial charge in [-0.2, -0.15) is 0 Å². The van der Waals surface area contributed by atoms with Crippen LogP contribution in [0.5, 0.6) is 0 Å². The van der Waals surface area contributed by atoms with Crippen molar-refractivity contribution in [1.29, 1.82) is 0 Å². The quantitative estimate of drug-likeness (QED) is 0.0261. The van der Waals surface area contributed by atoms with E-state index >= 15 is 0 Å². The molecule has 0 heterocycles. The van der Waals surface area contributed by atoms with Crippen molar-refractivity contribution in [1.82, 2.24) is 0 Å². The number of esters is 3. The van der Waals surface area contributed by atoms with Gasteiger partial charge in [-0.1, -0.05) is 304 Å². The minimum absolute atomic E-state index is 0.0771. The molecule has 0 aromatic heterocycles. The molecule has 454 valence electrons. The number of hydrogen-bond acceptors (Lipinski definition) is 6. The van der Waals surface area contributed by atoms with E-state index in [0.717, 1.165) is 116 Å². The molecule has 0 spiro atoms. The van der Waals surface area contributed by atoms with Crippen LogP contribution in [-0.4, -0.2) is 37.2 Å². The van der Waals surface area contributed by atoms with Crippen LogP contribution in [0.2, 0.25) is 0 Å². The van der Waals surface area contributed by atoms with Gasteiger partial charge >= 0.3 is 17.9 Å². The predicted octanol–water partition coefficient (Wildman–Crippen LogP) is 23.2. The molecule has 0 saturated heterocycles. The Morgan fingerprint density at radius 1 is 0.266 bits per heavy atom. The van der Waals surface area contributed by atoms with Gasteiger partial charge in [0.1, 0.15) is 13.2 Å². The van der Waals surface area contributed by atoms with Crippen molar-refractivity contribution >= 4 is 17.9 Å². The summed E-state index contributed by atoms with van der Waals surface area (Å²) in [4.78, 5) is 38.3. The van der Waals surface area contributed by atoms with Crippen LogP contribution in [0.1, 0.15) is 329 Å². The molecule has 0 aliphatic rings. The smallest absolute Gasteiger partial charge is 0.306 e. The third-order valence-electron chi connectivity index (χ3n) is 14.6. The van der Waals surface area contributed by atoms with E-state index in [4.69, 9.17) is 14.2 Å². The summed E-state index contributed by atoms with van der Waals surface area (Å²) in [7, 11) is 0. The van der Waals surface area contributed by atoms with Crippen molar-refractivity contribution in [3.8, 4) is 0 Å². The first-order chi connectivity index (χ1) is 39.0. The second-order valence-corrected chi connectivity index (χ2v) is 22.4. The van der Waals surface area contributed by atoms with E-state index in [9.17, 15) is 14.4 Å². The van der Waals surface area contributed by atoms with Crippen LogP contribution < -0.4 is 0 Å². The lowest BCUT2D eigenvalue weighted by molar-refractivity contribution is -0.167. The van der Waals surface area contributed by atoms with E-state index in [2.05, 4.69) is 118 Å². The third kappa shape index (κ3) is 65.0. The Morgan fingerprint density at radius 3 is 0.785 bits per heavy atom. The van der Waals surface area contributed by atoms with Gasteiger partial charge in [0.25, 0.3) is 0 Å². The van der Waals surface area contributed by atoms with Gasteiger partial charge in [0, 0.05) is 19.3 Å². The van der Waals surface area contributed by atoms with Crippen LogP contribution in [0.3, 0.4) is 0 Å². The molecule has 6 nitrogen and oxygen atoms in total.